The second kappa shape index (κ2) is 6.04. The molecule has 1 N–H and O–H groups in total. The molecule has 0 bridgehead atoms. The molecule has 1 rings (SSSR count). The zero-order valence-electron chi connectivity index (χ0n) is 9.79. The molecule has 0 saturated carbocycles. The first-order valence-corrected chi connectivity index (χ1v) is 6.52. The van der Waals surface area contributed by atoms with Gasteiger partial charge in [-0.2, -0.15) is 0 Å². The number of carbonyl (C=O) groups is 1. The molecule has 0 heterocycles. The van der Waals surface area contributed by atoms with Crippen molar-refractivity contribution < 1.29 is 4.79 Å². The Hall–Kier alpha value is -0.830. The average molecular weight is 284 g/mol. The van der Waals surface area contributed by atoms with Crippen molar-refractivity contribution >= 4 is 21.8 Å². The summed E-state index contributed by atoms with van der Waals surface area (Å²) in [7, 11) is 0. The zero-order chi connectivity index (χ0) is 12.0. The van der Waals surface area contributed by atoms with E-state index in [0.29, 0.717) is 13.0 Å². The van der Waals surface area contributed by atoms with E-state index in [1.807, 2.05) is 30.3 Å². The van der Waals surface area contributed by atoms with Gasteiger partial charge in [0.15, 0.2) is 0 Å². The predicted octanol–water partition coefficient (Wildman–Crippen LogP) is 2.77. The molecule has 0 aromatic heterocycles. The number of hydrogen-bond donors (Lipinski definition) is 1. The summed E-state index contributed by atoms with van der Waals surface area (Å²) in [5, 5.41) is 3.83. The second-order valence-electron chi connectivity index (χ2n) is 4.74. The molecule has 0 unspecified atom stereocenters. The maximum Gasteiger partial charge on any atom is 0.224 e. The van der Waals surface area contributed by atoms with Gasteiger partial charge in [-0.15, -0.1) is 0 Å². The van der Waals surface area contributed by atoms with Crippen molar-refractivity contribution in [2.24, 2.45) is 5.41 Å². The third kappa shape index (κ3) is 4.79. The van der Waals surface area contributed by atoms with Crippen molar-refractivity contribution in [2.75, 3.05) is 11.9 Å². The van der Waals surface area contributed by atoms with Crippen LogP contribution in [0.3, 0.4) is 0 Å². The lowest BCUT2D eigenvalue weighted by Gasteiger charge is -2.21. The van der Waals surface area contributed by atoms with Gasteiger partial charge in [0.2, 0.25) is 5.91 Å². The average Bonchev–Trinajstić information content (AvgIpc) is 2.28. The van der Waals surface area contributed by atoms with Gasteiger partial charge < -0.3 is 5.32 Å². The van der Waals surface area contributed by atoms with E-state index in [1.165, 1.54) is 0 Å². The molecule has 0 aliphatic carbocycles. The van der Waals surface area contributed by atoms with E-state index >= 15 is 0 Å². The number of carbonyl (C=O) groups excluding carboxylic acids is 1. The Balaban J connectivity index is 2.38. The molecule has 0 aliphatic heterocycles. The number of hydrogen-bond acceptors (Lipinski definition) is 1. The highest BCUT2D eigenvalue weighted by molar-refractivity contribution is 9.09. The number of halogens is 1. The quantitative estimate of drug-likeness (QED) is 0.828. The van der Waals surface area contributed by atoms with Crippen LogP contribution in [0.15, 0.2) is 30.3 Å². The zero-order valence-corrected chi connectivity index (χ0v) is 11.4. The molecule has 0 radical (unpaired) electrons. The number of alkyl halides is 1. The standard InChI is InChI=1S/C13H18BrNO/c1-13(2,9-14)10-15-12(16)8-11-6-4-3-5-7-11/h3-7H,8-10H2,1-2H3,(H,15,16). The Bertz CT molecular complexity index is 335. The number of nitrogens with one attached hydrogen (secondary N) is 1. The summed E-state index contributed by atoms with van der Waals surface area (Å²) in [6.07, 6.45) is 0.458. The van der Waals surface area contributed by atoms with E-state index in [0.717, 1.165) is 10.9 Å². The molecule has 1 aromatic rings. The predicted molar refractivity (Wildman–Crippen MR) is 70.7 cm³/mol. The van der Waals surface area contributed by atoms with Gasteiger partial charge in [-0.3, -0.25) is 4.79 Å². The van der Waals surface area contributed by atoms with Crippen LogP contribution in [0, 0.1) is 5.41 Å². The van der Waals surface area contributed by atoms with Gasteiger partial charge in [-0.05, 0) is 11.0 Å². The fourth-order valence-corrected chi connectivity index (χ4v) is 1.43. The molecular formula is C13H18BrNO. The summed E-state index contributed by atoms with van der Waals surface area (Å²) in [4.78, 5) is 11.6. The minimum atomic E-state index is 0.0835. The lowest BCUT2D eigenvalue weighted by molar-refractivity contribution is -0.120. The highest BCUT2D eigenvalue weighted by atomic mass is 79.9. The van der Waals surface area contributed by atoms with Crippen LogP contribution in [0.5, 0.6) is 0 Å². The first kappa shape index (κ1) is 13.2. The summed E-state index contributed by atoms with van der Waals surface area (Å²) in [6, 6.07) is 9.79. The van der Waals surface area contributed by atoms with Gasteiger partial charge >= 0.3 is 0 Å². The molecule has 0 saturated heterocycles. The van der Waals surface area contributed by atoms with Crippen molar-refractivity contribution in [2.45, 2.75) is 20.3 Å². The summed E-state index contributed by atoms with van der Waals surface area (Å²) < 4.78 is 0. The highest BCUT2D eigenvalue weighted by Crippen LogP contribution is 2.16. The number of rotatable bonds is 5. The highest BCUT2D eigenvalue weighted by Gasteiger charge is 2.16. The van der Waals surface area contributed by atoms with Crippen LogP contribution in [0.4, 0.5) is 0 Å². The third-order valence-corrected chi connectivity index (χ3v) is 3.85. The van der Waals surface area contributed by atoms with Crippen LogP contribution in [-0.2, 0) is 11.2 Å². The molecule has 88 valence electrons. The lowest BCUT2D eigenvalue weighted by Crippen LogP contribution is -2.35. The number of benzene rings is 1. The van der Waals surface area contributed by atoms with E-state index in [1.54, 1.807) is 0 Å². The SMILES string of the molecule is CC(C)(CBr)CNC(=O)Cc1ccccc1. The van der Waals surface area contributed by atoms with Crippen molar-refractivity contribution in [3.05, 3.63) is 35.9 Å². The Morgan fingerprint density at radius 1 is 1.31 bits per heavy atom. The first-order chi connectivity index (χ1) is 7.53. The third-order valence-electron chi connectivity index (χ3n) is 2.33. The van der Waals surface area contributed by atoms with Crippen LogP contribution in [0.25, 0.3) is 0 Å². The van der Waals surface area contributed by atoms with Gasteiger partial charge in [0.1, 0.15) is 0 Å². The maximum atomic E-state index is 11.6. The van der Waals surface area contributed by atoms with Crippen LogP contribution < -0.4 is 5.32 Å². The van der Waals surface area contributed by atoms with E-state index < -0.39 is 0 Å². The normalized spacial score (nSPS) is 11.2. The van der Waals surface area contributed by atoms with E-state index in [-0.39, 0.29) is 11.3 Å². The molecular weight excluding hydrogens is 266 g/mol. The molecule has 0 spiro atoms. The van der Waals surface area contributed by atoms with E-state index in [2.05, 4.69) is 35.1 Å². The van der Waals surface area contributed by atoms with Crippen LogP contribution in [0.1, 0.15) is 19.4 Å². The Morgan fingerprint density at radius 3 is 2.50 bits per heavy atom. The molecule has 2 nitrogen and oxygen atoms in total. The van der Waals surface area contributed by atoms with Gasteiger partial charge in [0, 0.05) is 11.9 Å². The first-order valence-electron chi connectivity index (χ1n) is 5.40. The molecule has 16 heavy (non-hydrogen) atoms. The largest absolute Gasteiger partial charge is 0.355 e. The van der Waals surface area contributed by atoms with E-state index in [4.69, 9.17) is 0 Å². The van der Waals surface area contributed by atoms with Crippen molar-refractivity contribution in [3.8, 4) is 0 Å². The summed E-state index contributed by atoms with van der Waals surface area (Å²) in [6.45, 7) is 4.93. The molecule has 1 amide bonds. The lowest BCUT2D eigenvalue weighted by atomic mass is 9.97. The smallest absolute Gasteiger partial charge is 0.224 e. The minimum absolute atomic E-state index is 0.0835. The molecule has 0 fully saturated rings. The summed E-state index contributed by atoms with van der Waals surface area (Å²) in [5.41, 5.74) is 1.16. The van der Waals surface area contributed by atoms with Gasteiger partial charge in [0.05, 0.1) is 6.42 Å². The Morgan fingerprint density at radius 2 is 1.94 bits per heavy atom. The molecule has 0 aliphatic rings. The van der Waals surface area contributed by atoms with E-state index in [9.17, 15) is 4.79 Å². The van der Waals surface area contributed by atoms with Crippen LogP contribution >= 0.6 is 15.9 Å². The second-order valence-corrected chi connectivity index (χ2v) is 5.30. The fraction of sp³-hybridized carbons (Fsp3) is 0.462. The fourth-order valence-electron chi connectivity index (χ4n) is 1.23. The molecule has 0 atom stereocenters. The van der Waals surface area contributed by atoms with Crippen molar-refractivity contribution in [1.82, 2.24) is 5.32 Å². The van der Waals surface area contributed by atoms with Crippen LogP contribution in [-0.4, -0.2) is 17.8 Å². The Kier molecular flexibility index (Phi) is 5.00. The van der Waals surface area contributed by atoms with Crippen LogP contribution in [0.2, 0.25) is 0 Å². The van der Waals surface area contributed by atoms with Gasteiger partial charge in [-0.25, -0.2) is 0 Å². The minimum Gasteiger partial charge on any atom is -0.355 e. The molecule has 3 heteroatoms. The van der Waals surface area contributed by atoms with Crippen molar-refractivity contribution in [3.63, 3.8) is 0 Å². The van der Waals surface area contributed by atoms with Gasteiger partial charge in [-0.1, -0.05) is 60.1 Å². The molecule has 1 aromatic carbocycles. The topological polar surface area (TPSA) is 29.1 Å². The maximum absolute atomic E-state index is 11.6. The summed E-state index contributed by atoms with van der Waals surface area (Å²) >= 11 is 3.44. The monoisotopic (exact) mass is 283 g/mol. The summed E-state index contributed by atoms with van der Waals surface area (Å²) in [5.74, 6) is 0.0835. The van der Waals surface area contributed by atoms with Gasteiger partial charge in [0.25, 0.3) is 0 Å². The Labute approximate surface area is 106 Å². The number of amides is 1. The van der Waals surface area contributed by atoms with Crippen molar-refractivity contribution in [1.29, 1.82) is 0 Å².